The van der Waals surface area contributed by atoms with Crippen molar-refractivity contribution in [1.29, 1.82) is 0 Å². The lowest BCUT2D eigenvalue weighted by molar-refractivity contribution is 0.669. The van der Waals surface area contributed by atoms with E-state index >= 15 is 0 Å². The summed E-state index contributed by atoms with van der Waals surface area (Å²) in [6.45, 7) is 0. The SMILES string of the molecule is [2H]c1c([2H])c2c([2H])c([2H])c3c([2H])c([2H])c(-c4cc(-c5ccc6oc7cc8ccccc8cc7c6c5)c(-c5ccccc5)c(-c5c([2H])c([2H])c6c([2H])c([2H])c7c([2H])c([2H])c([2H])c8c([2H])c([2H])c5c6c78)c4)c4c([2H])c([2H])c(c1[2H])c2c34. The molecular formula is C60H34O. The van der Waals surface area contributed by atoms with Crippen molar-refractivity contribution in [3.63, 3.8) is 0 Å². The van der Waals surface area contributed by atoms with Gasteiger partial charge in [0, 0.05) is 10.8 Å². The number of rotatable bonds is 4. The van der Waals surface area contributed by atoms with Gasteiger partial charge >= 0.3 is 0 Å². The predicted molar refractivity (Wildman–Crippen MR) is 260 cm³/mol. The molecule has 0 aliphatic carbocycles. The molecule has 0 aliphatic heterocycles. The van der Waals surface area contributed by atoms with Crippen LogP contribution in [0.2, 0.25) is 0 Å². The Bertz CT molecular complexity index is 5120. The van der Waals surface area contributed by atoms with E-state index in [1.807, 2.05) is 60.7 Å². The van der Waals surface area contributed by atoms with Gasteiger partial charge in [-0.3, -0.25) is 0 Å². The molecule has 13 aromatic carbocycles. The smallest absolute Gasteiger partial charge is 0.136 e. The fraction of sp³-hybridized carbons (Fsp3) is 0. The number of furan rings is 1. The second kappa shape index (κ2) is 12.3. The first kappa shape index (κ1) is 20.3. The van der Waals surface area contributed by atoms with Crippen LogP contribution in [-0.2, 0) is 0 Å². The Balaban J connectivity index is 1.23. The normalized spacial score (nSPS) is 16.4. The molecule has 1 heterocycles. The molecule has 0 atom stereocenters. The third-order valence-corrected chi connectivity index (χ3v) is 12.0. The van der Waals surface area contributed by atoms with Crippen molar-refractivity contribution in [3.05, 3.63) is 206 Å². The van der Waals surface area contributed by atoms with Crippen LogP contribution in [0.25, 0.3) is 142 Å². The Kier molecular flexibility index (Phi) is 4.08. The summed E-state index contributed by atoms with van der Waals surface area (Å²) in [5, 5.41) is 1.52. The van der Waals surface area contributed by atoms with Gasteiger partial charge in [-0.25, -0.2) is 0 Å². The van der Waals surface area contributed by atoms with Crippen molar-refractivity contribution in [2.45, 2.75) is 0 Å². The molecule has 280 valence electrons. The van der Waals surface area contributed by atoms with E-state index < -0.39 is 109 Å². The van der Waals surface area contributed by atoms with Crippen LogP contribution in [0.3, 0.4) is 0 Å². The highest BCUT2D eigenvalue weighted by atomic mass is 16.3. The van der Waals surface area contributed by atoms with E-state index in [4.69, 9.17) is 15.4 Å². The van der Waals surface area contributed by atoms with Gasteiger partial charge in [-0.05, 0) is 156 Å². The summed E-state index contributed by atoms with van der Waals surface area (Å²) in [6, 6.07) is 19.6. The minimum Gasteiger partial charge on any atom is -0.456 e. The number of hydrogen-bond donors (Lipinski definition) is 0. The van der Waals surface area contributed by atoms with E-state index in [2.05, 4.69) is 0 Å². The maximum Gasteiger partial charge on any atom is 0.136 e. The Morgan fingerprint density at radius 3 is 1.49 bits per heavy atom. The first-order valence-corrected chi connectivity index (χ1v) is 19.7. The van der Waals surface area contributed by atoms with Gasteiger partial charge in [0.05, 0.1) is 24.7 Å². The van der Waals surface area contributed by atoms with Crippen LogP contribution in [0.15, 0.2) is 210 Å². The lowest BCUT2D eigenvalue weighted by atomic mass is 9.81. The molecule has 0 N–H and O–H groups in total. The monoisotopic (exact) mass is 788 g/mol. The topological polar surface area (TPSA) is 13.1 Å². The van der Waals surface area contributed by atoms with Crippen molar-refractivity contribution < 1.29 is 29.1 Å². The van der Waals surface area contributed by atoms with Gasteiger partial charge < -0.3 is 4.42 Å². The number of hydrogen-bond acceptors (Lipinski definition) is 1. The van der Waals surface area contributed by atoms with Crippen LogP contribution >= 0.6 is 0 Å². The summed E-state index contributed by atoms with van der Waals surface area (Å²) < 4.78 is 175. The average molecular weight is 789 g/mol. The van der Waals surface area contributed by atoms with E-state index in [0.717, 1.165) is 16.2 Å². The minimum atomic E-state index is -0.620. The fourth-order valence-electron chi connectivity index (χ4n) is 9.30. The second-order valence-electron chi connectivity index (χ2n) is 15.3. The molecule has 0 unspecified atom stereocenters. The van der Waals surface area contributed by atoms with E-state index in [1.165, 1.54) is 0 Å². The summed E-state index contributed by atoms with van der Waals surface area (Å²) in [4.78, 5) is 0. The maximum atomic E-state index is 10.1. The summed E-state index contributed by atoms with van der Waals surface area (Å²) >= 11 is 0. The van der Waals surface area contributed by atoms with Crippen molar-refractivity contribution in [3.8, 4) is 44.5 Å². The highest BCUT2D eigenvalue weighted by molar-refractivity contribution is 6.28. The molecule has 0 amide bonds. The van der Waals surface area contributed by atoms with Crippen LogP contribution in [0, 0.1) is 0 Å². The average Bonchev–Trinajstić information content (AvgIpc) is 2.84. The molecule has 0 fully saturated rings. The highest BCUT2D eigenvalue weighted by Crippen LogP contribution is 2.49. The zero-order chi connectivity index (χ0) is 55.4. The Morgan fingerprint density at radius 2 is 0.820 bits per heavy atom. The number of benzene rings is 13. The van der Waals surface area contributed by atoms with Crippen LogP contribution in [0.4, 0.5) is 0 Å². The molecule has 61 heavy (non-hydrogen) atoms. The molecule has 1 aromatic heterocycles. The summed E-state index contributed by atoms with van der Waals surface area (Å²) in [5.41, 5.74) is 3.01. The van der Waals surface area contributed by atoms with Crippen LogP contribution < -0.4 is 0 Å². The zero-order valence-electron chi connectivity index (χ0n) is 49.6. The zero-order valence-corrected chi connectivity index (χ0v) is 31.6. The minimum absolute atomic E-state index is 0.0382. The molecule has 14 aromatic rings. The van der Waals surface area contributed by atoms with Gasteiger partial charge in [0.25, 0.3) is 0 Å². The molecule has 0 saturated carbocycles. The van der Waals surface area contributed by atoms with Crippen LogP contribution in [0.1, 0.15) is 24.7 Å². The van der Waals surface area contributed by atoms with Gasteiger partial charge in [0.1, 0.15) is 11.2 Å². The Morgan fingerprint density at radius 1 is 0.295 bits per heavy atom. The van der Waals surface area contributed by atoms with Crippen molar-refractivity contribution in [1.82, 2.24) is 0 Å². The lowest BCUT2D eigenvalue weighted by Crippen LogP contribution is -1.95. The largest absolute Gasteiger partial charge is 0.456 e. The van der Waals surface area contributed by atoms with Crippen molar-refractivity contribution in [2.75, 3.05) is 0 Å². The van der Waals surface area contributed by atoms with Gasteiger partial charge in [0.15, 0.2) is 0 Å². The second-order valence-corrected chi connectivity index (χ2v) is 15.3. The molecule has 1 heteroatoms. The number of fused-ring (bicyclic) bond motifs is 4. The van der Waals surface area contributed by atoms with Crippen LogP contribution in [0.5, 0.6) is 0 Å². The van der Waals surface area contributed by atoms with E-state index in [1.54, 1.807) is 36.4 Å². The van der Waals surface area contributed by atoms with Crippen LogP contribution in [-0.4, -0.2) is 0 Å². The van der Waals surface area contributed by atoms with Gasteiger partial charge in [-0.1, -0.05) is 169 Å². The molecule has 0 spiro atoms. The Labute approximate surface area is 376 Å². The first-order chi connectivity index (χ1) is 37.7. The highest BCUT2D eigenvalue weighted by Gasteiger charge is 2.22. The molecule has 1 nitrogen and oxygen atoms in total. The third kappa shape index (κ3) is 4.72. The standard InChI is InChI=1S/C60H34O/c1-2-8-35(9-3-1)58-50(44-24-29-54-51(31-44)52-30-42-10-4-5-11-43(42)34-55(52)61-54)32-45(46-25-20-40-18-16-36-12-6-14-38-22-27-48(46)59(40)56(36)38)33-53(58)47-26-21-41-19-17-37-13-7-15-39-23-28-49(47)60(41)57(37)39/h1-34H/i6D,7D,12D,13D,14D,15D,16D,17D,18D,19D,20D,21D,22D,23D,25D,26D,27D,28D. The molecule has 14 rings (SSSR count). The lowest BCUT2D eigenvalue weighted by Gasteiger charge is -2.22. The van der Waals surface area contributed by atoms with E-state index in [9.17, 15) is 13.7 Å². The molecule has 0 saturated heterocycles. The summed E-state index contributed by atoms with van der Waals surface area (Å²) in [5.74, 6) is 0. The molecular weight excluding hydrogens is 737 g/mol. The third-order valence-electron chi connectivity index (χ3n) is 12.0. The fourth-order valence-corrected chi connectivity index (χ4v) is 9.30. The van der Waals surface area contributed by atoms with E-state index in [0.29, 0.717) is 38.8 Å². The van der Waals surface area contributed by atoms with E-state index in [-0.39, 0.29) is 86.9 Å². The molecule has 0 radical (unpaired) electrons. The molecule has 0 aliphatic rings. The van der Waals surface area contributed by atoms with Crippen molar-refractivity contribution in [2.24, 2.45) is 0 Å². The van der Waals surface area contributed by atoms with Crippen molar-refractivity contribution >= 4 is 97.3 Å². The summed E-state index contributed by atoms with van der Waals surface area (Å²) in [7, 11) is 0. The summed E-state index contributed by atoms with van der Waals surface area (Å²) in [6.07, 6.45) is 0. The quantitative estimate of drug-likeness (QED) is 0.162. The Hall–Kier alpha value is -8.00. The molecule has 0 bridgehead atoms. The predicted octanol–water partition coefficient (Wildman–Crippen LogP) is 17.2. The first-order valence-electron chi connectivity index (χ1n) is 28.7. The van der Waals surface area contributed by atoms with Gasteiger partial charge in [-0.2, -0.15) is 0 Å². The maximum absolute atomic E-state index is 10.1. The van der Waals surface area contributed by atoms with Gasteiger partial charge in [0.2, 0.25) is 0 Å². The van der Waals surface area contributed by atoms with Gasteiger partial charge in [-0.15, -0.1) is 0 Å².